The molecule has 2 heterocycles. The zero-order valence-corrected chi connectivity index (χ0v) is 10.9. The summed E-state index contributed by atoms with van der Waals surface area (Å²) in [6, 6.07) is 0.209. The summed E-state index contributed by atoms with van der Waals surface area (Å²) in [5, 5.41) is 0.0913. The summed E-state index contributed by atoms with van der Waals surface area (Å²) in [5.74, 6) is 0.382. The molecule has 0 amide bonds. The molecule has 0 atom stereocenters. The number of halogens is 1. The third-order valence-electron chi connectivity index (χ3n) is 2.08. The lowest BCUT2D eigenvalue weighted by Crippen LogP contribution is -2.20. The van der Waals surface area contributed by atoms with Crippen molar-refractivity contribution in [2.75, 3.05) is 27.2 Å². The molecule has 0 radical (unpaired) electrons. The van der Waals surface area contributed by atoms with Crippen LogP contribution in [0, 0.1) is 0 Å². The quantitative estimate of drug-likeness (QED) is 0.793. The summed E-state index contributed by atoms with van der Waals surface area (Å²) in [6.07, 6.45) is 4.93. The van der Waals surface area contributed by atoms with E-state index in [4.69, 9.17) is 16.3 Å². The molecule has 96 valence electrons. The zero-order valence-electron chi connectivity index (χ0n) is 10.1. The van der Waals surface area contributed by atoms with E-state index in [1.165, 1.54) is 0 Å². The highest BCUT2D eigenvalue weighted by molar-refractivity contribution is 6.28. The molecule has 0 aromatic carbocycles. The zero-order chi connectivity index (χ0) is 13.0. The second kappa shape index (κ2) is 5.74. The maximum absolute atomic E-state index is 5.82. The van der Waals surface area contributed by atoms with Crippen molar-refractivity contribution >= 4 is 11.6 Å². The first-order valence-electron chi connectivity index (χ1n) is 5.32. The van der Waals surface area contributed by atoms with Crippen molar-refractivity contribution < 1.29 is 4.74 Å². The lowest BCUT2D eigenvalue weighted by molar-refractivity contribution is 0.244. The van der Waals surface area contributed by atoms with E-state index in [0.717, 1.165) is 6.54 Å². The van der Waals surface area contributed by atoms with Crippen molar-refractivity contribution in [3.63, 3.8) is 0 Å². The Balaban J connectivity index is 2.12. The summed E-state index contributed by atoms with van der Waals surface area (Å²) in [6.45, 7) is 1.25. The number of nitrogens with zero attached hydrogens (tertiary/aromatic N) is 6. The van der Waals surface area contributed by atoms with Gasteiger partial charge in [0.1, 0.15) is 12.9 Å². The van der Waals surface area contributed by atoms with Crippen LogP contribution < -0.4 is 4.74 Å². The Kier molecular flexibility index (Phi) is 4.06. The van der Waals surface area contributed by atoms with Crippen LogP contribution >= 0.6 is 11.6 Å². The summed E-state index contributed by atoms with van der Waals surface area (Å²) in [4.78, 5) is 18.0. The highest BCUT2D eigenvalue weighted by Crippen LogP contribution is 2.10. The van der Waals surface area contributed by atoms with E-state index in [0.29, 0.717) is 12.6 Å². The molecule has 0 N–H and O–H groups in total. The Hall–Kier alpha value is -1.73. The molecule has 2 aromatic rings. The smallest absolute Gasteiger partial charge is 0.322 e. The Morgan fingerprint density at radius 2 is 2.17 bits per heavy atom. The van der Waals surface area contributed by atoms with Crippen molar-refractivity contribution in [2.24, 2.45) is 0 Å². The van der Waals surface area contributed by atoms with Gasteiger partial charge in [0.2, 0.25) is 11.2 Å². The predicted octanol–water partition coefficient (Wildman–Crippen LogP) is 0.651. The molecule has 0 aliphatic heterocycles. The van der Waals surface area contributed by atoms with Gasteiger partial charge in [-0.1, -0.05) is 0 Å². The average molecular weight is 269 g/mol. The molecule has 0 unspecified atom stereocenters. The normalized spacial score (nSPS) is 10.9. The standard InChI is InChI=1S/C10H13ClN6O/c1-16(2)5-6-18-10-14-8(11)13-9(15-10)17-4-3-12-7-17/h3-4,7H,5-6H2,1-2H3. The lowest BCUT2D eigenvalue weighted by atomic mass is 10.6. The van der Waals surface area contributed by atoms with Crippen LogP contribution in [0.2, 0.25) is 5.28 Å². The average Bonchev–Trinajstić information content (AvgIpc) is 2.81. The summed E-state index contributed by atoms with van der Waals surface area (Å²) < 4.78 is 7.05. The third kappa shape index (κ3) is 3.38. The van der Waals surface area contributed by atoms with Gasteiger partial charge in [-0.25, -0.2) is 4.98 Å². The number of imidazole rings is 1. The number of rotatable bonds is 5. The van der Waals surface area contributed by atoms with Crippen molar-refractivity contribution in [2.45, 2.75) is 0 Å². The molecule has 7 nitrogen and oxygen atoms in total. The van der Waals surface area contributed by atoms with E-state index < -0.39 is 0 Å². The minimum absolute atomic E-state index is 0.0913. The second-order valence-electron chi connectivity index (χ2n) is 3.81. The summed E-state index contributed by atoms with van der Waals surface area (Å²) in [7, 11) is 3.92. The van der Waals surface area contributed by atoms with Crippen molar-refractivity contribution in [1.82, 2.24) is 29.4 Å². The Morgan fingerprint density at radius 1 is 1.33 bits per heavy atom. The van der Waals surface area contributed by atoms with Gasteiger partial charge in [-0.2, -0.15) is 15.0 Å². The molecule has 2 aromatic heterocycles. The minimum Gasteiger partial charge on any atom is -0.462 e. The highest BCUT2D eigenvalue weighted by atomic mass is 35.5. The predicted molar refractivity (Wildman–Crippen MR) is 66.0 cm³/mol. The van der Waals surface area contributed by atoms with Gasteiger partial charge in [0.25, 0.3) is 0 Å². The number of hydrogen-bond acceptors (Lipinski definition) is 6. The van der Waals surface area contributed by atoms with E-state index in [1.54, 1.807) is 23.3 Å². The molecule has 0 bridgehead atoms. The first-order chi connectivity index (χ1) is 8.65. The fourth-order valence-corrected chi connectivity index (χ4v) is 1.35. The SMILES string of the molecule is CN(C)CCOc1nc(Cl)nc(-n2ccnc2)n1. The number of ether oxygens (including phenoxy) is 1. The van der Waals surface area contributed by atoms with Crippen LogP contribution in [0.4, 0.5) is 0 Å². The molecule has 8 heteroatoms. The molecule has 0 aliphatic rings. The first kappa shape index (κ1) is 12.7. The van der Waals surface area contributed by atoms with Crippen LogP contribution in [-0.2, 0) is 0 Å². The van der Waals surface area contributed by atoms with Gasteiger partial charge >= 0.3 is 6.01 Å². The first-order valence-corrected chi connectivity index (χ1v) is 5.70. The van der Waals surface area contributed by atoms with Crippen molar-refractivity contribution in [3.8, 4) is 12.0 Å². The molecular formula is C10H13ClN6O. The molecule has 0 spiro atoms. The molecule has 2 rings (SSSR count). The van der Waals surface area contributed by atoms with Crippen LogP contribution in [-0.4, -0.2) is 56.6 Å². The highest BCUT2D eigenvalue weighted by Gasteiger charge is 2.07. The monoisotopic (exact) mass is 268 g/mol. The molecule has 0 saturated carbocycles. The summed E-state index contributed by atoms with van der Waals surface area (Å²) in [5.41, 5.74) is 0. The van der Waals surface area contributed by atoms with E-state index in [-0.39, 0.29) is 11.3 Å². The molecule has 18 heavy (non-hydrogen) atoms. The number of aromatic nitrogens is 5. The van der Waals surface area contributed by atoms with Crippen molar-refractivity contribution in [1.29, 1.82) is 0 Å². The molecule has 0 fully saturated rings. The van der Waals surface area contributed by atoms with Gasteiger partial charge in [-0.05, 0) is 25.7 Å². The fraction of sp³-hybridized carbons (Fsp3) is 0.400. The number of likely N-dealkylation sites (N-methyl/N-ethyl adjacent to an activating group) is 1. The second-order valence-corrected chi connectivity index (χ2v) is 4.15. The van der Waals surface area contributed by atoms with E-state index in [1.807, 2.05) is 19.0 Å². The van der Waals surface area contributed by atoms with E-state index in [9.17, 15) is 0 Å². The van der Waals surface area contributed by atoms with Gasteiger partial charge in [0.05, 0.1) is 0 Å². The number of hydrogen-bond donors (Lipinski definition) is 0. The largest absolute Gasteiger partial charge is 0.462 e. The Labute approximate surface area is 109 Å². The van der Waals surface area contributed by atoms with Gasteiger partial charge in [0, 0.05) is 18.9 Å². The Bertz CT molecular complexity index is 501. The van der Waals surface area contributed by atoms with E-state index >= 15 is 0 Å². The van der Waals surface area contributed by atoms with E-state index in [2.05, 4.69) is 19.9 Å². The maximum Gasteiger partial charge on any atom is 0.322 e. The topological polar surface area (TPSA) is 69.0 Å². The van der Waals surface area contributed by atoms with Crippen LogP contribution in [0.5, 0.6) is 6.01 Å². The fourth-order valence-electron chi connectivity index (χ4n) is 1.20. The van der Waals surface area contributed by atoms with Crippen molar-refractivity contribution in [3.05, 3.63) is 24.0 Å². The Morgan fingerprint density at radius 3 is 2.83 bits per heavy atom. The molecule has 0 saturated heterocycles. The van der Waals surface area contributed by atoms with Gasteiger partial charge in [-0.15, -0.1) is 0 Å². The maximum atomic E-state index is 5.82. The van der Waals surface area contributed by atoms with Gasteiger partial charge in [-0.3, -0.25) is 4.57 Å². The van der Waals surface area contributed by atoms with Crippen LogP contribution in [0.3, 0.4) is 0 Å². The third-order valence-corrected chi connectivity index (χ3v) is 2.25. The molecule has 0 aliphatic carbocycles. The molecular weight excluding hydrogens is 256 g/mol. The van der Waals surface area contributed by atoms with Gasteiger partial charge in [0.15, 0.2) is 0 Å². The lowest BCUT2D eigenvalue weighted by Gasteiger charge is -2.10. The van der Waals surface area contributed by atoms with Crippen LogP contribution in [0.1, 0.15) is 0 Å². The van der Waals surface area contributed by atoms with Crippen LogP contribution in [0.25, 0.3) is 5.95 Å². The van der Waals surface area contributed by atoms with Gasteiger partial charge < -0.3 is 9.64 Å². The summed E-state index contributed by atoms with van der Waals surface area (Å²) >= 11 is 5.82. The van der Waals surface area contributed by atoms with Crippen LogP contribution in [0.15, 0.2) is 18.7 Å². The minimum atomic E-state index is 0.0913.